The van der Waals surface area contributed by atoms with E-state index in [1.54, 1.807) is 54.5 Å². The van der Waals surface area contributed by atoms with Crippen molar-refractivity contribution in [3.05, 3.63) is 89.5 Å². The lowest BCUT2D eigenvalue weighted by atomic mass is 9.90. The van der Waals surface area contributed by atoms with Gasteiger partial charge in [-0.15, -0.1) is 0 Å². The van der Waals surface area contributed by atoms with Crippen molar-refractivity contribution < 1.29 is 18.3 Å². The fourth-order valence-electron chi connectivity index (χ4n) is 3.90. The zero-order valence-electron chi connectivity index (χ0n) is 16.7. The van der Waals surface area contributed by atoms with Gasteiger partial charge in [-0.2, -0.15) is 0 Å². The van der Waals surface area contributed by atoms with Crippen LogP contribution >= 0.6 is 0 Å². The van der Waals surface area contributed by atoms with Gasteiger partial charge in [0, 0.05) is 28.5 Å². The van der Waals surface area contributed by atoms with E-state index in [2.05, 4.69) is 5.32 Å². The zero-order chi connectivity index (χ0) is 21.3. The molecule has 1 aliphatic heterocycles. The molecule has 2 atom stereocenters. The minimum Gasteiger partial charge on any atom is -0.497 e. The van der Waals surface area contributed by atoms with Gasteiger partial charge >= 0.3 is 0 Å². The summed E-state index contributed by atoms with van der Waals surface area (Å²) in [6.07, 6.45) is 0.579. The van der Waals surface area contributed by atoms with Crippen LogP contribution in [0.2, 0.25) is 0 Å². The third-order valence-corrected chi connectivity index (χ3v) is 5.38. The highest BCUT2D eigenvalue weighted by Crippen LogP contribution is 2.40. The van der Waals surface area contributed by atoms with Gasteiger partial charge in [-0.05, 0) is 80.1 Å². The number of anilines is 2. The quantitative estimate of drug-likeness (QED) is 0.614. The van der Waals surface area contributed by atoms with E-state index in [9.17, 15) is 13.6 Å². The second kappa shape index (κ2) is 8.14. The Labute approximate surface area is 174 Å². The van der Waals surface area contributed by atoms with Gasteiger partial charge in [0.05, 0.1) is 13.2 Å². The van der Waals surface area contributed by atoms with E-state index in [0.717, 1.165) is 5.69 Å². The zero-order valence-corrected chi connectivity index (χ0v) is 16.7. The molecule has 154 valence electrons. The molecule has 1 N–H and O–H groups in total. The summed E-state index contributed by atoms with van der Waals surface area (Å²) in [5.41, 5.74) is 2.62. The lowest BCUT2D eigenvalue weighted by Gasteiger charge is -2.40. The molecule has 0 saturated carbocycles. The number of carbonyl (C=O) groups excluding carboxylic acids is 1. The summed E-state index contributed by atoms with van der Waals surface area (Å²) in [7, 11) is 1.57. The van der Waals surface area contributed by atoms with Crippen molar-refractivity contribution in [3.63, 3.8) is 0 Å². The van der Waals surface area contributed by atoms with Crippen LogP contribution in [0.1, 0.15) is 35.3 Å². The average molecular weight is 408 g/mol. The lowest BCUT2D eigenvalue weighted by molar-refractivity contribution is 0.0974. The predicted molar refractivity (Wildman–Crippen MR) is 113 cm³/mol. The van der Waals surface area contributed by atoms with Crippen LogP contribution in [-0.4, -0.2) is 19.1 Å². The van der Waals surface area contributed by atoms with Crippen LogP contribution in [0.4, 0.5) is 20.2 Å². The Balaban J connectivity index is 1.68. The molecule has 4 rings (SSSR count). The summed E-state index contributed by atoms with van der Waals surface area (Å²) in [4.78, 5) is 15.0. The van der Waals surface area contributed by atoms with Gasteiger partial charge in [-0.3, -0.25) is 4.79 Å². The van der Waals surface area contributed by atoms with Crippen molar-refractivity contribution in [1.82, 2.24) is 0 Å². The average Bonchev–Trinajstić information content (AvgIpc) is 2.75. The van der Waals surface area contributed by atoms with Crippen LogP contribution in [0.15, 0.2) is 66.7 Å². The number of nitrogens with zero attached hydrogens (tertiary/aromatic N) is 1. The molecule has 0 aromatic heterocycles. The monoisotopic (exact) mass is 408 g/mol. The van der Waals surface area contributed by atoms with Crippen LogP contribution in [0.3, 0.4) is 0 Å². The molecule has 0 unspecified atom stereocenters. The smallest absolute Gasteiger partial charge is 0.258 e. The summed E-state index contributed by atoms with van der Waals surface area (Å²) in [5, 5.41) is 3.35. The molecule has 3 aromatic rings. The Morgan fingerprint density at radius 3 is 2.33 bits per heavy atom. The molecule has 4 nitrogen and oxygen atoms in total. The summed E-state index contributed by atoms with van der Waals surface area (Å²) >= 11 is 0. The molecule has 30 heavy (non-hydrogen) atoms. The predicted octanol–water partition coefficient (Wildman–Crippen LogP) is 5.57. The van der Waals surface area contributed by atoms with E-state index >= 15 is 0 Å². The standard InChI is InChI=1S/C24H22F2N2O2/c1-15-13-22(27-19-8-5-17(25)6-9-19)21-14-18(26)7-12-23(21)28(15)24(29)16-3-10-20(30-2)11-4-16/h3-12,14-15,22,27H,13H2,1-2H3/t15-,22+/m1/s1. The Morgan fingerprint density at radius 1 is 1.00 bits per heavy atom. The second-order valence-corrected chi connectivity index (χ2v) is 7.40. The van der Waals surface area contributed by atoms with Crippen molar-refractivity contribution in [2.24, 2.45) is 0 Å². The van der Waals surface area contributed by atoms with Gasteiger partial charge in [0.25, 0.3) is 5.91 Å². The molecular weight excluding hydrogens is 386 g/mol. The van der Waals surface area contributed by atoms with E-state index in [-0.39, 0.29) is 29.6 Å². The molecule has 3 aromatic carbocycles. The molecule has 0 spiro atoms. The number of benzene rings is 3. The van der Waals surface area contributed by atoms with Crippen molar-refractivity contribution in [3.8, 4) is 5.75 Å². The summed E-state index contributed by atoms with van der Waals surface area (Å²) in [6, 6.07) is 17.1. The number of ether oxygens (including phenoxy) is 1. The highest BCUT2D eigenvalue weighted by atomic mass is 19.1. The number of amides is 1. The molecule has 0 aliphatic carbocycles. The van der Waals surface area contributed by atoms with Gasteiger partial charge < -0.3 is 15.0 Å². The molecule has 1 amide bonds. The SMILES string of the molecule is COc1ccc(C(=O)N2c3ccc(F)cc3[C@@H](Nc3ccc(F)cc3)C[C@H]2C)cc1. The molecule has 0 saturated heterocycles. The van der Waals surface area contributed by atoms with Gasteiger partial charge in [-0.25, -0.2) is 8.78 Å². The number of hydrogen-bond donors (Lipinski definition) is 1. The first kappa shape index (κ1) is 19.9. The molecule has 1 heterocycles. The third kappa shape index (κ3) is 3.85. The first-order valence-electron chi connectivity index (χ1n) is 9.75. The second-order valence-electron chi connectivity index (χ2n) is 7.40. The van der Waals surface area contributed by atoms with Gasteiger partial charge in [-0.1, -0.05) is 0 Å². The van der Waals surface area contributed by atoms with E-state index < -0.39 is 0 Å². The maximum Gasteiger partial charge on any atom is 0.258 e. The summed E-state index contributed by atoms with van der Waals surface area (Å²) in [5.74, 6) is -0.172. The van der Waals surface area contributed by atoms with Gasteiger partial charge in [0.15, 0.2) is 0 Å². The molecule has 0 radical (unpaired) electrons. The molecule has 0 bridgehead atoms. The van der Waals surface area contributed by atoms with Crippen LogP contribution in [0, 0.1) is 11.6 Å². The highest BCUT2D eigenvalue weighted by Gasteiger charge is 2.34. The van der Waals surface area contributed by atoms with E-state index in [4.69, 9.17) is 4.74 Å². The van der Waals surface area contributed by atoms with E-state index in [1.807, 2.05) is 6.92 Å². The van der Waals surface area contributed by atoms with Crippen molar-refractivity contribution in [2.45, 2.75) is 25.4 Å². The molecule has 1 aliphatic rings. The normalized spacial score (nSPS) is 17.9. The number of halogens is 2. The first-order valence-corrected chi connectivity index (χ1v) is 9.75. The van der Waals surface area contributed by atoms with Crippen LogP contribution < -0.4 is 15.0 Å². The Bertz CT molecular complexity index is 1050. The minimum absolute atomic E-state index is 0.129. The molecule has 6 heteroatoms. The lowest BCUT2D eigenvalue weighted by Crippen LogP contribution is -2.44. The minimum atomic E-state index is -0.369. The number of hydrogen-bond acceptors (Lipinski definition) is 3. The number of methoxy groups -OCH3 is 1. The van der Waals surface area contributed by atoms with Gasteiger partial charge in [0.2, 0.25) is 0 Å². The Kier molecular flexibility index (Phi) is 5.40. The topological polar surface area (TPSA) is 41.6 Å². The van der Waals surface area contributed by atoms with Gasteiger partial charge in [0.1, 0.15) is 17.4 Å². The number of nitrogens with one attached hydrogen (secondary N) is 1. The Morgan fingerprint density at radius 2 is 1.67 bits per heavy atom. The van der Waals surface area contributed by atoms with Crippen molar-refractivity contribution in [1.29, 1.82) is 0 Å². The molecule has 0 fully saturated rings. The first-order chi connectivity index (χ1) is 14.5. The molecular formula is C24H22F2N2O2. The maximum atomic E-state index is 14.1. The Hall–Kier alpha value is -3.41. The van der Waals surface area contributed by atoms with E-state index in [1.165, 1.54) is 24.3 Å². The third-order valence-electron chi connectivity index (χ3n) is 5.38. The summed E-state index contributed by atoms with van der Waals surface area (Å²) < 4.78 is 32.5. The number of rotatable bonds is 4. The maximum absolute atomic E-state index is 14.1. The fourth-order valence-corrected chi connectivity index (χ4v) is 3.90. The summed E-state index contributed by atoms with van der Waals surface area (Å²) in [6.45, 7) is 1.97. The van der Waals surface area contributed by atoms with Crippen LogP contribution in [0.5, 0.6) is 5.75 Å². The van der Waals surface area contributed by atoms with Crippen LogP contribution in [0.25, 0.3) is 0 Å². The largest absolute Gasteiger partial charge is 0.497 e. The highest BCUT2D eigenvalue weighted by molar-refractivity contribution is 6.07. The fraction of sp³-hybridized carbons (Fsp3) is 0.208. The van der Waals surface area contributed by atoms with Crippen molar-refractivity contribution in [2.75, 3.05) is 17.3 Å². The van der Waals surface area contributed by atoms with Crippen LogP contribution in [-0.2, 0) is 0 Å². The van der Waals surface area contributed by atoms with Crippen molar-refractivity contribution >= 4 is 17.3 Å². The number of fused-ring (bicyclic) bond motifs is 1. The van der Waals surface area contributed by atoms with E-state index in [0.29, 0.717) is 29.0 Å². The number of carbonyl (C=O) groups is 1.